The highest BCUT2D eigenvalue weighted by Gasteiger charge is 2.51. The molecule has 8 nitrogen and oxygen atoms in total. The van der Waals surface area contributed by atoms with Gasteiger partial charge in [-0.25, -0.2) is 0 Å². The lowest BCUT2D eigenvalue weighted by atomic mass is 9.72. The topological polar surface area (TPSA) is 119 Å². The van der Waals surface area contributed by atoms with Crippen LogP contribution in [0.4, 0.5) is 0 Å². The van der Waals surface area contributed by atoms with E-state index in [4.69, 9.17) is 0 Å². The maximum Gasteiger partial charge on any atom is 0.475 e. The molecule has 2 saturated carbocycles. The summed E-state index contributed by atoms with van der Waals surface area (Å²) in [5.41, 5.74) is 0.509. The third kappa shape index (κ3) is 6.62. The molecule has 0 radical (unpaired) electrons. The third-order valence-electron chi connectivity index (χ3n) is 9.70. The predicted octanol–water partition coefficient (Wildman–Crippen LogP) is 3.69. The van der Waals surface area contributed by atoms with Gasteiger partial charge in [0.05, 0.1) is 5.94 Å². The van der Waals surface area contributed by atoms with Gasteiger partial charge in [0, 0.05) is 12.1 Å². The Morgan fingerprint density at radius 3 is 2.37 bits per heavy atom. The number of likely N-dealkylation sites (tertiary alicyclic amines) is 1. The van der Waals surface area contributed by atoms with Gasteiger partial charge in [-0.3, -0.25) is 14.4 Å². The highest BCUT2D eigenvalue weighted by atomic mass is 16.4. The van der Waals surface area contributed by atoms with Gasteiger partial charge in [0.15, 0.2) is 0 Å². The van der Waals surface area contributed by atoms with Crippen molar-refractivity contribution in [2.45, 2.75) is 89.7 Å². The Kier molecular flexibility index (Phi) is 9.34. The first-order valence-corrected chi connectivity index (χ1v) is 15.5. The van der Waals surface area contributed by atoms with Crippen molar-refractivity contribution in [2.75, 3.05) is 6.54 Å². The van der Waals surface area contributed by atoms with Crippen LogP contribution in [0.15, 0.2) is 42.5 Å². The first kappa shape index (κ1) is 29.6. The molecule has 2 aromatic carbocycles. The lowest BCUT2D eigenvalue weighted by Crippen LogP contribution is -2.58. The van der Waals surface area contributed by atoms with E-state index in [0.29, 0.717) is 24.4 Å². The summed E-state index contributed by atoms with van der Waals surface area (Å²) in [7, 11) is -1.69. The van der Waals surface area contributed by atoms with Gasteiger partial charge in [0.25, 0.3) is 5.91 Å². The van der Waals surface area contributed by atoms with E-state index in [1.54, 1.807) is 11.0 Å². The highest BCUT2D eigenvalue weighted by Crippen LogP contribution is 2.43. The Bertz CT molecular complexity index is 1240. The molecule has 9 heteroatoms. The quantitative estimate of drug-likeness (QED) is 0.349. The molecule has 0 spiro atoms. The largest absolute Gasteiger partial charge is 0.475 e. The van der Waals surface area contributed by atoms with E-state index < -0.39 is 25.1 Å². The van der Waals surface area contributed by atoms with Crippen LogP contribution in [0.1, 0.15) is 82.0 Å². The number of hydrogen-bond acceptors (Lipinski definition) is 5. The van der Waals surface area contributed by atoms with Gasteiger partial charge < -0.3 is 25.6 Å². The van der Waals surface area contributed by atoms with Gasteiger partial charge in [-0.05, 0) is 65.8 Å². The van der Waals surface area contributed by atoms with Crippen molar-refractivity contribution in [3.8, 4) is 0 Å². The summed E-state index contributed by atoms with van der Waals surface area (Å²) in [4.78, 5) is 43.3. The number of nitrogens with zero attached hydrogens (tertiary/aromatic N) is 1. The van der Waals surface area contributed by atoms with Gasteiger partial charge in [0.1, 0.15) is 12.1 Å². The third-order valence-corrected chi connectivity index (χ3v) is 9.70. The lowest BCUT2D eigenvalue weighted by Gasteiger charge is -2.34. The molecule has 41 heavy (non-hydrogen) atoms. The summed E-state index contributed by atoms with van der Waals surface area (Å²) in [6.07, 6.45) is 8.92. The standard InChI is InChI=1S/C32H44BN3O5/c1-20(2)29(33(40)41)35-31(38)28-26-14-8-13-25(26)19-36(28)32(39)27(17-21-9-4-3-5-10-21)34-30(37)24-16-15-22-11-6-7-12-23(22)18-24/h6-7,11-12,15-16,18,20-21,25-29,40-41H,3-5,8-10,13-14,17,19H2,1-2H3,(H,34,37)(H,35,38)/t25-,26-,27+,28-,29-/m0/s1. The molecule has 2 aromatic rings. The lowest BCUT2D eigenvalue weighted by molar-refractivity contribution is -0.141. The average Bonchev–Trinajstić information content (AvgIpc) is 3.56. The van der Waals surface area contributed by atoms with Crippen molar-refractivity contribution < 1.29 is 24.4 Å². The molecule has 5 rings (SSSR count). The van der Waals surface area contributed by atoms with Crippen LogP contribution in [0.2, 0.25) is 0 Å². The summed E-state index contributed by atoms with van der Waals surface area (Å²) < 4.78 is 0. The second kappa shape index (κ2) is 12.9. The Hall–Kier alpha value is -2.91. The van der Waals surface area contributed by atoms with Gasteiger partial charge in [0.2, 0.25) is 11.8 Å². The fourth-order valence-corrected chi connectivity index (χ4v) is 7.45. The van der Waals surface area contributed by atoms with Gasteiger partial charge in [-0.1, -0.05) is 82.7 Å². The average molecular weight is 562 g/mol. The van der Waals surface area contributed by atoms with Crippen LogP contribution in [0, 0.1) is 23.7 Å². The van der Waals surface area contributed by atoms with E-state index >= 15 is 0 Å². The minimum absolute atomic E-state index is 0.0362. The van der Waals surface area contributed by atoms with Gasteiger partial charge in [-0.15, -0.1) is 0 Å². The van der Waals surface area contributed by atoms with E-state index in [-0.39, 0.29) is 35.5 Å². The Morgan fingerprint density at radius 2 is 1.66 bits per heavy atom. The Morgan fingerprint density at radius 1 is 0.927 bits per heavy atom. The summed E-state index contributed by atoms with van der Waals surface area (Å²) in [5.74, 6) is -1.23. The fourth-order valence-electron chi connectivity index (χ4n) is 7.45. The highest BCUT2D eigenvalue weighted by molar-refractivity contribution is 6.43. The molecule has 220 valence electrons. The zero-order chi connectivity index (χ0) is 29.1. The van der Waals surface area contributed by atoms with Gasteiger partial charge >= 0.3 is 7.12 Å². The SMILES string of the molecule is CC(C)[C@H](NC(=O)[C@@H]1[C@H]2CCC[C@H]2CN1C(=O)[C@@H](CC1CCCCC1)NC(=O)c1ccc2ccccc2c1)B(O)O. The van der Waals surface area contributed by atoms with Crippen LogP contribution >= 0.6 is 0 Å². The number of carbonyl (C=O) groups excluding carboxylic acids is 3. The Labute approximate surface area is 243 Å². The monoisotopic (exact) mass is 561 g/mol. The fraction of sp³-hybridized carbons (Fsp3) is 0.594. The van der Waals surface area contributed by atoms with Crippen LogP contribution in [0.5, 0.6) is 0 Å². The molecule has 2 aliphatic carbocycles. The van der Waals surface area contributed by atoms with Crippen LogP contribution < -0.4 is 10.6 Å². The summed E-state index contributed by atoms with van der Waals surface area (Å²) >= 11 is 0. The number of carbonyl (C=O) groups is 3. The zero-order valence-corrected chi connectivity index (χ0v) is 24.3. The molecule has 3 fully saturated rings. The summed E-state index contributed by atoms with van der Waals surface area (Å²) in [6, 6.07) is 12.0. The maximum atomic E-state index is 14.3. The van der Waals surface area contributed by atoms with Crippen molar-refractivity contribution in [3.05, 3.63) is 48.0 Å². The van der Waals surface area contributed by atoms with E-state index in [1.165, 1.54) is 6.42 Å². The number of nitrogens with one attached hydrogen (secondary N) is 2. The molecule has 0 unspecified atom stereocenters. The molecule has 1 saturated heterocycles. The molecule has 3 amide bonds. The molecule has 1 heterocycles. The van der Waals surface area contributed by atoms with E-state index in [2.05, 4.69) is 10.6 Å². The first-order valence-electron chi connectivity index (χ1n) is 15.5. The van der Waals surface area contributed by atoms with Crippen LogP contribution in [0.3, 0.4) is 0 Å². The van der Waals surface area contributed by atoms with E-state index in [1.807, 2.05) is 50.2 Å². The molecular formula is C32H44BN3O5. The van der Waals surface area contributed by atoms with E-state index in [0.717, 1.165) is 55.7 Å². The molecule has 5 atom stereocenters. The molecule has 0 bridgehead atoms. The normalized spacial score (nSPS) is 24.2. The molecule has 0 aromatic heterocycles. The minimum atomic E-state index is -1.69. The summed E-state index contributed by atoms with van der Waals surface area (Å²) in [5, 5.41) is 27.7. The first-order chi connectivity index (χ1) is 19.7. The number of benzene rings is 2. The number of hydrogen-bond donors (Lipinski definition) is 4. The van der Waals surface area contributed by atoms with Crippen LogP contribution in [-0.2, 0) is 9.59 Å². The summed E-state index contributed by atoms with van der Waals surface area (Å²) in [6.45, 7) is 4.13. The number of fused-ring (bicyclic) bond motifs is 2. The van der Waals surface area contributed by atoms with E-state index in [9.17, 15) is 24.4 Å². The smallest absolute Gasteiger partial charge is 0.426 e. The van der Waals surface area contributed by atoms with Crippen LogP contribution in [-0.4, -0.2) is 64.4 Å². The predicted molar refractivity (Wildman–Crippen MR) is 160 cm³/mol. The number of rotatable bonds is 9. The van der Waals surface area contributed by atoms with Crippen molar-refractivity contribution in [2.24, 2.45) is 23.7 Å². The van der Waals surface area contributed by atoms with Crippen LogP contribution in [0.25, 0.3) is 10.8 Å². The molecule has 4 N–H and O–H groups in total. The molecule has 1 aliphatic heterocycles. The Balaban J connectivity index is 1.39. The van der Waals surface area contributed by atoms with Crippen molar-refractivity contribution in [3.63, 3.8) is 0 Å². The molecular weight excluding hydrogens is 517 g/mol. The minimum Gasteiger partial charge on any atom is -0.426 e. The second-order valence-electron chi connectivity index (χ2n) is 12.8. The maximum absolute atomic E-state index is 14.3. The second-order valence-corrected chi connectivity index (χ2v) is 12.8. The zero-order valence-electron chi connectivity index (χ0n) is 24.3. The van der Waals surface area contributed by atoms with Crippen molar-refractivity contribution in [1.29, 1.82) is 0 Å². The van der Waals surface area contributed by atoms with Crippen molar-refractivity contribution in [1.82, 2.24) is 15.5 Å². The number of amides is 3. The van der Waals surface area contributed by atoms with Crippen molar-refractivity contribution >= 4 is 35.6 Å². The molecule has 3 aliphatic rings. The van der Waals surface area contributed by atoms with Gasteiger partial charge in [-0.2, -0.15) is 0 Å².